The lowest BCUT2D eigenvalue weighted by Crippen LogP contribution is -2.01. The number of carbonyl (C=O) groups excluding carboxylic acids is 1. The minimum atomic E-state index is -0.277. The van der Waals surface area contributed by atoms with E-state index in [9.17, 15) is 4.79 Å². The number of oxazole rings is 1. The molecule has 0 amide bonds. The minimum absolute atomic E-state index is 0.0602. The van der Waals surface area contributed by atoms with Gasteiger partial charge in [0.15, 0.2) is 5.76 Å². The van der Waals surface area contributed by atoms with E-state index in [0.29, 0.717) is 22.0 Å². The van der Waals surface area contributed by atoms with E-state index in [1.54, 1.807) is 24.3 Å². The molecule has 26 heavy (non-hydrogen) atoms. The normalized spacial score (nSPS) is 10.7. The molecule has 0 saturated carbocycles. The van der Waals surface area contributed by atoms with E-state index in [1.807, 2.05) is 60.7 Å². The molecule has 0 fully saturated rings. The zero-order valence-electron chi connectivity index (χ0n) is 13.7. The second-order valence-electron chi connectivity index (χ2n) is 5.76. The number of rotatable bonds is 4. The van der Waals surface area contributed by atoms with Crippen molar-refractivity contribution in [1.82, 2.24) is 4.98 Å². The number of aromatic nitrogens is 1. The van der Waals surface area contributed by atoms with Crippen molar-refractivity contribution in [1.29, 1.82) is 0 Å². The molecule has 0 radical (unpaired) electrons. The first kappa shape index (κ1) is 16.3. The summed E-state index contributed by atoms with van der Waals surface area (Å²) in [6.07, 6.45) is 0. The van der Waals surface area contributed by atoms with Crippen molar-refractivity contribution in [2.75, 3.05) is 0 Å². The summed E-state index contributed by atoms with van der Waals surface area (Å²) in [7, 11) is 0. The summed E-state index contributed by atoms with van der Waals surface area (Å²) in [5.74, 6) is 0.361. The molecular formula is C22H14ClNO2. The standard InChI is InChI=1S/C22H14ClNO2/c23-18-13-11-16(12-14-18)20(25)22-24-19(15-7-3-1-4-8-15)21(26-22)17-9-5-2-6-10-17/h1-14H. The lowest BCUT2D eigenvalue weighted by molar-refractivity contribution is 0.100. The Bertz CT molecular complexity index is 982. The van der Waals surface area contributed by atoms with Gasteiger partial charge in [-0.1, -0.05) is 72.3 Å². The molecule has 0 atom stereocenters. The first-order valence-corrected chi connectivity index (χ1v) is 8.52. The molecule has 4 aromatic rings. The van der Waals surface area contributed by atoms with Crippen LogP contribution in [0.15, 0.2) is 89.3 Å². The van der Waals surface area contributed by atoms with E-state index in [4.69, 9.17) is 16.0 Å². The summed E-state index contributed by atoms with van der Waals surface area (Å²) < 4.78 is 5.91. The van der Waals surface area contributed by atoms with E-state index in [1.165, 1.54) is 0 Å². The summed E-state index contributed by atoms with van der Waals surface area (Å²) in [6.45, 7) is 0. The first-order valence-electron chi connectivity index (χ1n) is 8.14. The number of hydrogen-bond donors (Lipinski definition) is 0. The Hall–Kier alpha value is -3.17. The Morgan fingerprint density at radius 3 is 1.96 bits per heavy atom. The maximum absolute atomic E-state index is 12.8. The number of benzene rings is 3. The summed E-state index contributed by atoms with van der Waals surface area (Å²) in [5, 5.41) is 0.573. The highest BCUT2D eigenvalue weighted by atomic mass is 35.5. The van der Waals surface area contributed by atoms with Crippen LogP contribution in [0, 0.1) is 0 Å². The lowest BCUT2D eigenvalue weighted by Gasteiger charge is -2.00. The number of halogens is 1. The number of ketones is 1. The monoisotopic (exact) mass is 359 g/mol. The predicted molar refractivity (Wildman–Crippen MR) is 102 cm³/mol. The SMILES string of the molecule is O=C(c1ccc(Cl)cc1)c1nc(-c2ccccc2)c(-c2ccccc2)o1. The predicted octanol–water partition coefficient (Wildman–Crippen LogP) is 5.89. The highest BCUT2D eigenvalue weighted by Gasteiger charge is 2.22. The van der Waals surface area contributed by atoms with Gasteiger partial charge in [-0.15, -0.1) is 0 Å². The summed E-state index contributed by atoms with van der Waals surface area (Å²) in [5.41, 5.74) is 2.89. The van der Waals surface area contributed by atoms with Gasteiger partial charge in [0.05, 0.1) is 0 Å². The zero-order valence-corrected chi connectivity index (χ0v) is 14.5. The van der Waals surface area contributed by atoms with Crippen LogP contribution in [0.4, 0.5) is 0 Å². The Kier molecular flexibility index (Phi) is 4.38. The van der Waals surface area contributed by atoms with Crippen LogP contribution in [0.3, 0.4) is 0 Å². The topological polar surface area (TPSA) is 43.1 Å². The molecule has 3 aromatic carbocycles. The zero-order chi connectivity index (χ0) is 17.9. The summed E-state index contributed by atoms with van der Waals surface area (Å²) in [4.78, 5) is 17.3. The molecule has 0 aliphatic rings. The summed E-state index contributed by atoms with van der Waals surface area (Å²) >= 11 is 5.90. The third-order valence-corrected chi connectivity index (χ3v) is 4.26. The third-order valence-electron chi connectivity index (χ3n) is 4.01. The molecular weight excluding hydrogens is 346 g/mol. The van der Waals surface area contributed by atoms with Gasteiger partial charge in [0.2, 0.25) is 5.78 Å². The van der Waals surface area contributed by atoms with Crippen LogP contribution in [0.1, 0.15) is 16.2 Å². The van der Waals surface area contributed by atoms with Crippen molar-refractivity contribution in [3.8, 4) is 22.6 Å². The van der Waals surface area contributed by atoms with E-state index < -0.39 is 0 Å². The van der Waals surface area contributed by atoms with Crippen molar-refractivity contribution in [3.63, 3.8) is 0 Å². The largest absolute Gasteiger partial charge is 0.433 e. The molecule has 0 N–H and O–H groups in total. The van der Waals surface area contributed by atoms with Crippen LogP contribution in [-0.4, -0.2) is 10.8 Å². The first-order chi connectivity index (χ1) is 12.7. The Balaban J connectivity index is 1.83. The quantitative estimate of drug-likeness (QED) is 0.426. The fraction of sp³-hybridized carbons (Fsp3) is 0. The van der Waals surface area contributed by atoms with Crippen molar-refractivity contribution < 1.29 is 9.21 Å². The molecule has 0 saturated heterocycles. The van der Waals surface area contributed by atoms with Crippen LogP contribution in [-0.2, 0) is 0 Å². The van der Waals surface area contributed by atoms with Gasteiger partial charge < -0.3 is 4.42 Å². The van der Waals surface area contributed by atoms with Gasteiger partial charge in [-0.3, -0.25) is 4.79 Å². The van der Waals surface area contributed by atoms with Crippen molar-refractivity contribution in [3.05, 3.63) is 101 Å². The van der Waals surface area contributed by atoms with Crippen LogP contribution in [0.5, 0.6) is 0 Å². The van der Waals surface area contributed by atoms with Gasteiger partial charge in [0.1, 0.15) is 5.69 Å². The van der Waals surface area contributed by atoms with Crippen molar-refractivity contribution >= 4 is 17.4 Å². The molecule has 4 rings (SSSR count). The van der Waals surface area contributed by atoms with Crippen LogP contribution >= 0.6 is 11.6 Å². The second kappa shape index (κ2) is 6.98. The Morgan fingerprint density at radius 1 is 0.769 bits per heavy atom. The van der Waals surface area contributed by atoms with Gasteiger partial charge in [0.25, 0.3) is 5.89 Å². The van der Waals surface area contributed by atoms with Crippen molar-refractivity contribution in [2.45, 2.75) is 0 Å². The lowest BCUT2D eigenvalue weighted by atomic mass is 10.1. The molecule has 3 nitrogen and oxygen atoms in total. The number of carbonyl (C=O) groups is 1. The molecule has 0 aliphatic carbocycles. The van der Waals surface area contributed by atoms with Gasteiger partial charge >= 0.3 is 0 Å². The molecule has 0 spiro atoms. The average molecular weight is 360 g/mol. The van der Waals surface area contributed by atoms with Gasteiger partial charge in [-0.2, -0.15) is 0 Å². The average Bonchev–Trinajstić information content (AvgIpc) is 3.15. The number of hydrogen-bond acceptors (Lipinski definition) is 3. The maximum Gasteiger partial charge on any atom is 0.269 e. The van der Waals surface area contributed by atoms with E-state index in [-0.39, 0.29) is 11.7 Å². The van der Waals surface area contributed by atoms with Crippen molar-refractivity contribution in [2.24, 2.45) is 0 Å². The Labute approximate surface area is 155 Å². The molecule has 0 aliphatic heterocycles. The molecule has 126 valence electrons. The maximum atomic E-state index is 12.8. The van der Waals surface area contributed by atoms with E-state index in [2.05, 4.69) is 4.98 Å². The Morgan fingerprint density at radius 2 is 1.35 bits per heavy atom. The van der Waals surface area contributed by atoms with Crippen LogP contribution in [0.2, 0.25) is 5.02 Å². The van der Waals surface area contributed by atoms with Gasteiger partial charge in [0, 0.05) is 21.7 Å². The fourth-order valence-electron chi connectivity index (χ4n) is 2.72. The molecule has 1 aromatic heterocycles. The molecule has 4 heteroatoms. The highest BCUT2D eigenvalue weighted by molar-refractivity contribution is 6.30. The third kappa shape index (κ3) is 3.17. The second-order valence-corrected chi connectivity index (χ2v) is 6.20. The number of nitrogens with zero attached hydrogens (tertiary/aromatic N) is 1. The van der Waals surface area contributed by atoms with Gasteiger partial charge in [-0.05, 0) is 24.3 Å². The van der Waals surface area contributed by atoms with Crippen LogP contribution in [0.25, 0.3) is 22.6 Å². The fourth-order valence-corrected chi connectivity index (χ4v) is 2.84. The van der Waals surface area contributed by atoms with Gasteiger partial charge in [-0.25, -0.2) is 4.98 Å². The molecule has 0 unspecified atom stereocenters. The van der Waals surface area contributed by atoms with Crippen LogP contribution < -0.4 is 0 Å². The van der Waals surface area contributed by atoms with E-state index >= 15 is 0 Å². The molecule has 1 heterocycles. The molecule has 0 bridgehead atoms. The highest BCUT2D eigenvalue weighted by Crippen LogP contribution is 2.33. The minimum Gasteiger partial charge on any atom is -0.433 e. The smallest absolute Gasteiger partial charge is 0.269 e. The summed E-state index contributed by atoms with van der Waals surface area (Å²) in [6, 6.07) is 26.0. The van der Waals surface area contributed by atoms with E-state index in [0.717, 1.165) is 11.1 Å².